The minimum Gasteiger partial charge on any atom is -0.483 e. The number of ether oxygens (including phenoxy) is 1. The number of carboxylic acids is 1. The summed E-state index contributed by atoms with van der Waals surface area (Å²) in [6.07, 6.45) is 0.356. The van der Waals surface area contributed by atoms with Crippen LogP contribution in [-0.2, 0) is 9.59 Å². The summed E-state index contributed by atoms with van der Waals surface area (Å²) in [6, 6.07) is 17.3. The van der Waals surface area contributed by atoms with Gasteiger partial charge in [0.1, 0.15) is 5.75 Å². The van der Waals surface area contributed by atoms with E-state index >= 15 is 0 Å². The van der Waals surface area contributed by atoms with Gasteiger partial charge in [-0.1, -0.05) is 48.5 Å². The molecule has 0 heterocycles. The standard InChI is InChI=1S/C20H23NO4/c1-20(2,19(23)24)12-13-21-18(22)14-25-17-11-7-6-10-16(17)15-8-4-3-5-9-15/h3-11H,12-14H2,1-2H3,(H,21,22)(H,23,24). The van der Waals surface area contributed by atoms with Crippen molar-refractivity contribution < 1.29 is 19.4 Å². The zero-order chi connectivity index (χ0) is 18.3. The molecule has 0 aliphatic rings. The summed E-state index contributed by atoms with van der Waals surface area (Å²) >= 11 is 0. The molecule has 2 rings (SSSR count). The first kappa shape index (κ1) is 18.5. The summed E-state index contributed by atoms with van der Waals surface area (Å²) in [4.78, 5) is 23.0. The highest BCUT2D eigenvalue weighted by Gasteiger charge is 2.26. The van der Waals surface area contributed by atoms with E-state index in [1.54, 1.807) is 13.8 Å². The molecule has 0 aliphatic heterocycles. The number of amides is 1. The number of carbonyl (C=O) groups is 2. The number of rotatable bonds is 8. The van der Waals surface area contributed by atoms with E-state index in [1.165, 1.54) is 0 Å². The lowest BCUT2D eigenvalue weighted by Gasteiger charge is -2.19. The maximum atomic E-state index is 11.9. The SMILES string of the molecule is CC(C)(CCNC(=O)COc1ccccc1-c1ccccc1)C(=O)O. The van der Waals surface area contributed by atoms with Crippen molar-refractivity contribution in [2.24, 2.45) is 5.41 Å². The van der Waals surface area contributed by atoms with Crippen LogP contribution in [0.3, 0.4) is 0 Å². The van der Waals surface area contributed by atoms with E-state index in [-0.39, 0.29) is 12.5 Å². The summed E-state index contributed by atoms with van der Waals surface area (Å²) in [5, 5.41) is 11.8. The first-order valence-electron chi connectivity index (χ1n) is 8.17. The van der Waals surface area contributed by atoms with E-state index in [0.29, 0.717) is 18.7 Å². The van der Waals surface area contributed by atoms with Gasteiger partial charge in [-0.05, 0) is 31.9 Å². The van der Waals surface area contributed by atoms with Gasteiger partial charge < -0.3 is 15.2 Å². The molecule has 0 saturated carbocycles. The highest BCUT2D eigenvalue weighted by atomic mass is 16.5. The molecule has 0 unspecified atom stereocenters. The molecule has 0 aromatic heterocycles. The van der Waals surface area contributed by atoms with Crippen LogP contribution in [0.15, 0.2) is 54.6 Å². The lowest BCUT2D eigenvalue weighted by Crippen LogP contribution is -2.34. The Hall–Kier alpha value is -2.82. The van der Waals surface area contributed by atoms with Crippen LogP contribution in [0.4, 0.5) is 0 Å². The largest absolute Gasteiger partial charge is 0.483 e. The Bertz CT molecular complexity index is 725. The van der Waals surface area contributed by atoms with E-state index in [0.717, 1.165) is 11.1 Å². The molecule has 0 bridgehead atoms. The second-order valence-electron chi connectivity index (χ2n) is 6.44. The van der Waals surface area contributed by atoms with Crippen LogP contribution in [0.5, 0.6) is 5.75 Å². The zero-order valence-corrected chi connectivity index (χ0v) is 14.5. The number of para-hydroxylation sites is 1. The van der Waals surface area contributed by atoms with Crippen molar-refractivity contribution in [1.82, 2.24) is 5.32 Å². The van der Waals surface area contributed by atoms with Gasteiger partial charge in [-0.3, -0.25) is 9.59 Å². The third-order valence-corrected chi connectivity index (χ3v) is 3.98. The summed E-state index contributed by atoms with van der Waals surface area (Å²) < 4.78 is 5.66. The predicted octanol–water partition coefficient (Wildman–Crippen LogP) is 3.35. The van der Waals surface area contributed by atoms with Crippen LogP contribution in [-0.4, -0.2) is 30.1 Å². The Balaban J connectivity index is 1.90. The number of carboxylic acid groups (broad SMARTS) is 1. The highest BCUT2D eigenvalue weighted by Crippen LogP contribution is 2.29. The van der Waals surface area contributed by atoms with Crippen molar-refractivity contribution in [2.75, 3.05) is 13.2 Å². The molecule has 2 aromatic carbocycles. The molecule has 0 aliphatic carbocycles. The third-order valence-electron chi connectivity index (χ3n) is 3.98. The number of aliphatic carboxylic acids is 1. The van der Waals surface area contributed by atoms with Crippen LogP contribution in [0, 0.1) is 5.41 Å². The second-order valence-corrected chi connectivity index (χ2v) is 6.44. The van der Waals surface area contributed by atoms with Gasteiger partial charge in [-0.2, -0.15) is 0 Å². The van der Waals surface area contributed by atoms with E-state index < -0.39 is 11.4 Å². The van der Waals surface area contributed by atoms with Crippen molar-refractivity contribution in [2.45, 2.75) is 20.3 Å². The molecule has 0 fully saturated rings. The van der Waals surface area contributed by atoms with Crippen LogP contribution < -0.4 is 10.1 Å². The van der Waals surface area contributed by atoms with Gasteiger partial charge in [0.15, 0.2) is 6.61 Å². The average Bonchev–Trinajstić information content (AvgIpc) is 2.60. The quantitative estimate of drug-likeness (QED) is 0.772. The molecule has 2 N–H and O–H groups in total. The van der Waals surface area contributed by atoms with Crippen LogP contribution in [0.1, 0.15) is 20.3 Å². The predicted molar refractivity (Wildman–Crippen MR) is 96.4 cm³/mol. The van der Waals surface area contributed by atoms with Crippen molar-refractivity contribution >= 4 is 11.9 Å². The van der Waals surface area contributed by atoms with Crippen LogP contribution in [0.25, 0.3) is 11.1 Å². The Morgan fingerprint density at radius 2 is 1.68 bits per heavy atom. The van der Waals surface area contributed by atoms with Gasteiger partial charge in [0.2, 0.25) is 0 Å². The third kappa shape index (κ3) is 5.35. The van der Waals surface area contributed by atoms with Gasteiger partial charge in [-0.25, -0.2) is 0 Å². The molecule has 5 heteroatoms. The Labute approximate surface area is 147 Å². The summed E-state index contributed by atoms with van der Waals surface area (Å²) in [6.45, 7) is 3.45. The number of benzene rings is 2. The first-order chi connectivity index (χ1) is 11.9. The minimum atomic E-state index is -0.880. The first-order valence-corrected chi connectivity index (χ1v) is 8.17. The van der Waals surface area contributed by atoms with Crippen molar-refractivity contribution in [3.05, 3.63) is 54.6 Å². The molecular formula is C20H23NO4. The van der Waals surface area contributed by atoms with Gasteiger partial charge in [0.05, 0.1) is 5.41 Å². The molecular weight excluding hydrogens is 318 g/mol. The molecule has 0 spiro atoms. The number of nitrogens with one attached hydrogen (secondary N) is 1. The molecule has 132 valence electrons. The molecule has 2 aromatic rings. The maximum absolute atomic E-state index is 11.9. The fourth-order valence-electron chi connectivity index (χ4n) is 2.26. The van der Waals surface area contributed by atoms with Gasteiger partial charge in [0.25, 0.3) is 5.91 Å². The minimum absolute atomic E-state index is 0.114. The van der Waals surface area contributed by atoms with E-state index in [4.69, 9.17) is 9.84 Å². The van der Waals surface area contributed by atoms with E-state index in [2.05, 4.69) is 5.32 Å². The average molecular weight is 341 g/mol. The van der Waals surface area contributed by atoms with Gasteiger partial charge in [-0.15, -0.1) is 0 Å². The molecule has 0 saturated heterocycles. The molecule has 0 radical (unpaired) electrons. The van der Waals surface area contributed by atoms with Crippen molar-refractivity contribution in [3.8, 4) is 16.9 Å². The molecule has 25 heavy (non-hydrogen) atoms. The Morgan fingerprint density at radius 1 is 1.04 bits per heavy atom. The molecule has 5 nitrogen and oxygen atoms in total. The normalized spacial score (nSPS) is 11.0. The Kier molecular flexibility index (Phi) is 6.17. The summed E-state index contributed by atoms with van der Waals surface area (Å²) in [5.74, 6) is -0.520. The molecule has 1 amide bonds. The van der Waals surface area contributed by atoms with Crippen LogP contribution >= 0.6 is 0 Å². The summed E-state index contributed by atoms with van der Waals surface area (Å²) in [7, 11) is 0. The summed E-state index contributed by atoms with van der Waals surface area (Å²) in [5.41, 5.74) is 1.07. The lowest BCUT2D eigenvalue weighted by atomic mass is 9.90. The monoisotopic (exact) mass is 341 g/mol. The van der Waals surface area contributed by atoms with E-state index in [9.17, 15) is 9.59 Å². The number of carbonyl (C=O) groups excluding carboxylic acids is 1. The topological polar surface area (TPSA) is 75.6 Å². The molecule has 0 atom stereocenters. The van der Waals surface area contributed by atoms with Crippen molar-refractivity contribution in [1.29, 1.82) is 0 Å². The second kappa shape index (κ2) is 8.33. The smallest absolute Gasteiger partial charge is 0.309 e. The number of hydrogen-bond acceptors (Lipinski definition) is 3. The van der Waals surface area contributed by atoms with Gasteiger partial charge >= 0.3 is 5.97 Å². The maximum Gasteiger partial charge on any atom is 0.309 e. The van der Waals surface area contributed by atoms with Crippen molar-refractivity contribution in [3.63, 3.8) is 0 Å². The fourth-order valence-corrected chi connectivity index (χ4v) is 2.26. The Morgan fingerprint density at radius 3 is 2.36 bits per heavy atom. The number of hydrogen-bond donors (Lipinski definition) is 2. The van der Waals surface area contributed by atoms with Crippen LogP contribution in [0.2, 0.25) is 0 Å². The lowest BCUT2D eigenvalue weighted by molar-refractivity contribution is -0.147. The fraction of sp³-hybridized carbons (Fsp3) is 0.300. The van der Waals surface area contributed by atoms with Gasteiger partial charge in [0, 0.05) is 12.1 Å². The highest BCUT2D eigenvalue weighted by molar-refractivity contribution is 5.78. The van der Waals surface area contributed by atoms with E-state index in [1.807, 2.05) is 54.6 Å². The zero-order valence-electron chi connectivity index (χ0n) is 14.5.